The molecule has 1 unspecified atom stereocenters. The molecule has 0 saturated heterocycles. The first-order valence-electron chi connectivity index (χ1n) is 5.98. The smallest absolute Gasteiger partial charge is 0.247 e. The summed E-state index contributed by atoms with van der Waals surface area (Å²) >= 11 is 12.0. The lowest BCUT2D eigenvalue weighted by Crippen LogP contribution is -2.25. The fourth-order valence-electron chi connectivity index (χ4n) is 1.94. The zero-order valence-electron chi connectivity index (χ0n) is 10.6. The third-order valence-electron chi connectivity index (χ3n) is 3.49. The minimum absolute atomic E-state index is 0.204. The van der Waals surface area contributed by atoms with Gasteiger partial charge in [0.15, 0.2) is 0 Å². The fraction of sp³-hybridized carbons (Fsp3) is 0.308. The second kappa shape index (κ2) is 4.46. The molecular weight excluding hydrogens is 301 g/mol. The number of alkyl halides is 2. The van der Waals surface area contributed by atoms with Gasteiger partial charge in [0, 0.05) is 11.3 Å². The summed E-state index contributed by atoms with van der Waals surface area (Å²) in [5, 5.41) is 10.2. The van der Waals surface area contributed by atoms with Crippen LogP contribution in [0.5, 0.6) is 0 Å². The number of rotatable bonds is 3. The van der Waals surface area contributed by atoms with Gasteiger partial charge in [-0.1, -0.05) is 6.07 Å². The summed E-state index contributed by atoms with van der Waals surface area (Å²) in [6, 6.07) is 7.13. The van der Waals surface area contributed by atoms with Gasteiger partial charge in [-0.15, -0.1) is 33.4 Å². The van der Waals surface area contributed by atoms with Gasteiger partial charge in [0.1, 0.15) is 4.33 Å². The van der Waals surface area contributed by atoms with Crippen molar-refractivity contribution >= 4 is 34.8 Å². The molecule has 20 heavy (non-hydrogen) atoms. The van der Waals surface area contributed by atoms with Crippen LogP contribution in [0.2, 0.25) is 0 Å². The maximum Gasteiger partial charge on any atom is 0.247 e. The Kier molecular flexibility index (Phi) is 2.99. The van der Waals surface area contributed by atoms with Crippen molar-refractivity contribution in [3.05, 3.63) is 30.7 Å². The van der Waals surface area contributed by atoms with Gasteiger partial charge in [0.25, 0.3) is 0 Å². The molecule has 7 heteroatoms. The molecule has 1 aliphatic rings. The van der Waals surface area contributed by atoms with Gasteiger partial charge in [-0.05, 0) is 31.5 Å². The molecule has 1 aliphatic carbocycles. The first-order valence-corrected chi connectivity index (χ1v) is 6.74. The number of carbonyl (C=O) groups is 1. The maximum absolute atomic E-state index is 12.2. The Hall–Kier alpha value is -1.59. The predicted molar refractivity (Wildman–Crippen MR) is 75.5 cm³/mol. The molecule has 1 N–H and O–H groups in total. The number of halogens is 2. The van der Waals surface area contributed by atoms with E-state index in [2.05, 4.69) is 15.5 Å². The number of nitrogens with zero attached hydrogens (tertiary/aromatic N) is 2. The average molecular weight is 312 g/mol. The van der Waals surface area contributed by atoms with Crippen LogP contribution in [0, 0.1) is 5.41 Å². The van der Waals surface area contributed by atoms with E-state index in [1.165, 1.54) is 6.39 Å². The highest BCUT2D eigenvalue weighted by Gasteiger charge is 2.67. The molecule has 3 rings (SSSR count). The van der Waals surface area contributed by atoms with Gasteiger partial charge >= 0.3 is 0 Å². The molecule has 2 aromatic rings. The first-order chi connectivity index (χ1) is 9.42. The van der Waals surface area contributed by atoms with E-state index in [0.717, 1.165) is 5.56 Å². The Morgan fingerprint density at radius 2 is 2.20 bits per heavy atom. The third-order valence-corrected chi connectivity index (χ3v) is 4.59. The van der Waals surface area contributed by atoms with Crippen LogP contribution in [-0.4, -0.2) is 20.4 Å². The number of hydrogen-bond donors (Lipinski definition) is 1. The Balaban J connectivity index is 1.79. The van der Waals surface area contributed by atoms with Crippen LogP contribution in [0.3, 0.4) is 0 Å². The van der Waals surface area contributed by atoms with Crippen LogP contribution in [0.4, 0.5) is 5.69 Å². The topological polar surface area (TPSA) is 68.0 Å². The number of benzene rings is 1. The molecule has 1 atom stereocenters. The van der Waals surface area contributed by atoms with E-state index in [1.807, 2.05) is 6.07 Å². The first kappa shape index (κ1) is 13.4. The lowest BCUT2D eigenvalue weighted by atomic mass is 10.1. The van der Waals surface area contributed by atoms with Gasteiger partial charge in [0.2, 0.25) is 18.2 Å². The van der Waals surface area contributed by atoms with Gasteiger partial charge in [0.05, 0.1) is 5.41 Å². The van der Waals surface area contributed by atoms with E-state index in [4.69, 9.17) is 27.6 Å². The normalized spacial score (nSPS) is 23.4. The molecule has 1 fully saturated rings. The van der Waals surface area contributed by atoms with Crippen molar-refractivity contribution in [2.75, 3.05) is 5.32 Å². The van der Waals surface area contributed by atoms with E-state index >= 15 is 0 Å². The largest absolute Gasteiger partial charge is 0.423 e. The zero-order valence-corrected chi connectivity index (χ0v) is 12.1. The van der Waals surface area contributed by atoms with Crippen molar-refractivity contribution < 1.29 is 9.21 Å². The van der Waals surface area contributed by atoms with E-state index in [-0.39, 0.29) is 5.91 Å². The van der Waals surface area contributed by atoms with Gasteiger partial charge in [-0.3, -0.25) is 4.79 Å². The highest BCUT2D eigenvalue weighted by molar-refractivity contribution is 6.53. The number of amides is 1. The Bertz CT molecular complexity index is 657. The molecule has 0 radical (unpaired) electrons. The van der Waals surface area contributed by atoms with E-state index in [9.17, 15) is 4.79 Å². The monoisotopic (exact) mass is 311 g/mol. The zero-order chi connectivity index (χ0) is 14.4. The number of carbonyl (C=O) groups excluding carboxylic acids is 1. The molecule has 1 heterocycles. The van der Waals surface area contributed by atoms with Crippen molar-refractivity contribution in [2.45, 2.75) is 17.7 Å². The summed E-state index contributed by atoms with van der Waals surface area (Å²) in [7, 11) is 0. The van der Waals surface area contributed by atoms with Crippen molar-refractivity contribution in [2.24, 2.45) is 5.41 Å². The standard InChI is InChI=1S/C13H11Cl2N3O2/c1-12(6-13(12,14)15)11(19)17-9-4-2-3-8(5-9)10-18-16-7-20-10/h2-5,7H,6H2,1H3,(H,17,19). The lowest BCUT2D eigenvalue weighted by molar-refractivity contribution is -0.120. The SMILES string of the molecule is CC1(C(=O)Nc2cccc(-c3nnco3)c2)CC1(Cl)Cl. The van der Waals surface area contributed by atoms with Crippen LogP contribution in [0.1, 0.15) is 13.3 Å². The van der Waals surface area contributed by atoms with Crippen molar-refractivity contribution in [3.63, 3.8) is 0 Å². The van der Waals surface area contributed by atoms with Crippen molar-refractivity contribution in [1.82, 2.24) is 10.2 Å². The molecule has 5 nitrogen and oxygen atoms in total. The van der Waals surface area contributed by atoms with Crippen LogP contribution in [0.25, 0.3) is 11.5 Å². The summed E-state index contributed by atoms with van der Waals surface area (Å²) in [5.74, 6) is 0.188. The van der Waals surface area contributed by atoms with Crippen molar-refractivity contribution in [3.8, 4) is 11.5 Å². The minimum atomic E-state index is -0.985. The third kappa shape index (κ3) is 2.17. The lowest BCUT2D eigenvalue weighted by Gasteiger charge is -2.12. The summed E-state index contributed by atoms with van der Waals surface area (Å²) in [6.07, 6.45) is 1.69. The van der Waals surface area contributed by atoms with E-state index in [0.29, 0.717) is 18.0 Å². The average Bonchev–Trinajstić information content (AvgIpc) is 2.83. The Morgan fingerprint density at radius 1 is 1.45 bits per heavy atom. The molecule has 0 bridgehead atoms. The molecule has 0 spiro atoms. The molecule has 1 saturated carbocycles. The van der Waals surface area contributed by atoms with Crippen LogP contribution in [0.15, 0.2) is 35.1 Å². The molecule has 0 aliphatic heterocycles. The second-order valence-electron chi connectivity index (χ2n) is 4.99. The molecule has 1 aromatic heterocycles. The number of anilines is 1. The number of aromatic nitrogens is 2. The Labute approximate surface area is 125 Å². The number of nitrogens with one attached hydrogen (secondary N) is 1. The van der Waals surface area contributed by atoms with Crippen LogP contribution in [-0.2, 0) is 4.79 Å². The Morgan fingerprint density at radius 3 is 2.80 bits per heavy atom. The highest BCUT2D eigenvalue weighted by atomic mass is 35.5. The number of hydrogen-bond acceptors (Lipinski definition) is 4. The highest BCUT2D eigenvalue weighted by Crippen LogP contribution is 2.64. The van der Waals surface area contributed by atoms with Crippen LogP contribution < -0.4 is 5.32 Å². The molecule has 1 aromatic carbocycles. The van der Waals surface area contributed by atoms with E-state index in [1.54, 1.807) is 25.1 Å². The molecular formula is C13H11Cl2N3O2. The molecule has 1 amide bonds. The summed E-state index contributed by atoms with van der Waals surface area (Å²) < 4.78 is 4.13. The second-order valence-corrected chi connectivity index (χ2v) is 6.48. The minimum Gasteiger partial charge on any atom is -0.423 e. The van der Waals surface area contributed by atoms with E-state index < -0.39 is 9.75 Å². The summed E-state index contributed by atoms with van der Waals surface area (Å²) in [4.78, 5) is 12.2. The summed E-state index contributed by atoms with van der Waals surface area (Å²) in [6.45, 7) is 1.74. The quantitative estimate of drug-likeness (QED) is 0.883. The van der Waals surface area contributed by atoms with Gasteiger partial charge < -0.3 is 9.73 Å². The molecule has 104 valence electrons. The van der Waals surface area contributed by atoms with Crippen molar-refractivity contribution in [1.29, 1.82) is 0 Å². The van der Waals surface area contributed by atoms with Gasteiger partial charge in [-0.25, -0.2) is 0 Å². The summed E-state index contributed by atoms with van der Waals surface area (Å²) in [5.41, 5.74) is 0.601. The maximum atomic E-state index is 12.2. The van der Waals surface area contributed by atoms with Gasteiger partial charge in [-0.2, -0.15) is 0 Å². The predicted octanol–water partition coefficient (Wildman–Crippen LogP) is 3.26. The fourth-order valence-corrected chi connectivity index (χ4v) is 2.65. The van der Waals surface area contributed by atoms with Crippen LogP contribution >= 0.6 is 23.2 Å².